The maximum absolute atomic E-state index is 12.7. The minimum absolute atomic E-state index is 0.184. The lowest BCUT2D eigenvalue weighted by Gasteiger charge is -2.08. The van der Waals surface area contributed by atoms with Gasteiger partial charge in [-0.05, 0) is 66.7 Å². The molecule has 2 heterocycles. The average molecular weight is 439 g/mol. The number of amides is 1. The average Bonchev–Trinajstić information content (AvgIpc) is 3.23. The van der Waals surface area contributed by atoms with Gasteiger partial charge in [0.1, 0.15) is 17.3 Å². The predicted octanol–water partition coefficient (Wildman–Crippen LogP) is 6.48. The van der Waals surface area contributed by atoms with Crippen molar-refractivity contribution in [1.82, 2.24) is 9.97 Å². The van der Waals surface area contributed by atoms with Crippen molar-refractivity contribution < 1.29 is 9.53 Å². The van der Waals surface area contributed by atoms with Gasteiger partial charge in [0, 0.05) is 17.4 Å². The zero-order chi connectivity index (χ0) is 21.8. The third-order valence-electron chi connectivity index (χ3n) is 4.64. The van der Waals surface area contributed by atoms with E-state index in [1.807, 2.05) is 84.9 Å². The van der Waals surface area contributed by atoms with Gasteiger partial charge in [0.2, 0.25) is 0 Å². The SMILES string of the molecule is O=C(Nc1ccc(Oc2ccccc2)cc1)c1ccc2nc(Nc3ccccn3)sc2c1. The van der Waals surface area contributed by atoms with Crippen molar-refractivity contribution in [3.05, 3.63) is 103 Å². The molecule has 0 unspecified atom stereocenters. The van der Waals surface area contributed by atoms with Crippen LogP contribution in [0, 0.1) is 0 Å². The lowest BCUT2D eigenvalue weighted by atomic mass is 10.2. The summed E-state index contributed by atoms with van der Waals surface area (Å²) in [4.78, 5) is 21.6. The number of ether oxygens (including phenoxy) is 1. The van der Waals surface area contributed by atoms with Crippen LogP contribution in [0.2, 0.25) is 0 Å². The number of hydrogen-bond acceptors (Lipinski definition) is 6. The largest absolute Gasteiger partial charge is 0.457 e. The number of benzene rings is 3. The molecule has 1 amide bonds. The molecule has 0 spiro atoms. The molecule has 6 nitrogen and oxygen atoms in total. The summed E-state index contributed by atoms with van der Waals surface area (Å²) in [7, 11) is 0. The summed E-state index contributed by atoms with van der Waals surface area (Å²) in [6, 6.07) is 27.9. The van der Waals surface area contributed by atoms with Crippen LogP contribution in [0.4, 0.5) is 16.6 Å². The first kappa shape index (κ1) is 19.7. The molecule has 0 atom stereocenters. The Morgan fingerprint density at radius 3 is 2.41 bits per heavy atom. The Morgan fingerprint density at radius 1 is 0.844 bits per heavy atom. The normalized spacial score (nSPS) is 10.6. The minimum Gasteiger partial charge on any atom is -0.457 e. The molecular weight excluding hydrogens is 420 g/mol. The third-order valence-corrected chi connectivity index (χ3v) is 5.58. The van der Waals surface area contributed by atoms with E-state index in [2.05, 4.69) is 20.6 Å². The van der Waals surface area contributed by atoms with E-state index >= 15 is 0 Å². The lowest BCUT2D eigenvalue weighted by molar-refractivity contribution is 0.102. The van der Waals surface area contributed by atoms with Gasteiger partial charge in [0.25, 0.3) is 5.91 Å². The number of anilines is 3. The van der Waals surface area contributed by atoms with Gasteiger partial charge in [0.05, 0.1) is 10.2 Å². The fourth-order valence-electron chi connectivity index (χ4n) is 3.10. The monoisotopic (exact) mass is 438 g/mol. The van der Waals surface area contributed by atoms with Crippen LogP contribution in [0.3, 0.4) is 0 Å². The second-order valence-electron chi connectivity index (χ2n) is 6.94. The quantitative estimate of drug-likeness (QED) is 0.317. The van der Waals surface area contributed by atoms with Crippen molar-refractivity contribution in [2.45, 2.75) is 0 Å². The Morgan fingerprint density at radius 2 is 1.62 bits per heavy atom. The Balaban J connectivity index is 1.27. The molecule has 5 aromatic rings. The molecule has 0 aliphatic heterocycles. The summed E-state index contributed by atoms with van der Waals surface area (Å²) in [5.74, 6) is 2.01. The van der Waals surface area contributed by atoms with Crippen LogP contribution in [-0.2, 0) is 0 Å². The van der Waals surface area contributed by atoms with Gasteiger partial charge >= 0.3 is 0 Å². The van der Waals surface area contributed by atoms with Crippen molar-refractivity contribution in [3.8, 4) is 11.5 Å². The van der Waals surface area contributed by atoms with Crippen molar-refractivity contribution in [2.24, 2.45) is 0 Å². The first-order chi connectivity index (χ1) is 15.7. The van der Waals surface area contributed by atoms with Crippen LogP contribution >= 0.6 is 11.3 Å². The summed E-state index contributed by atoms with van der Waals surface area (Å²) in [6.07, 6.45) is 1.72. The van der Waals surface area contributed by atoms with E-state index in [0.29, 0.717) is 17.0 Å². The molecule has 0 bridgehead atoms. The van der Waals surface area contributed by atoms with Crippen LogP contribution in [-0.4, -0.2) is 15.9 Å². The number of nitrogens with zero attached hydrogens (tertiary/aromatic N) is 2. The van der Waals surface area contributed by atoms with E-state index in [4.69, 9.17) is 4.74 Å². The number of rotatable bonds is 6. The van der Waals surface area contributed by atoms with E-state index in [1.165, 1.54) is 11.3 Å². The highest BCUT2D eigenvalue weighted by molar-refractivity contribution is 7.22. The summed E-state index contributed by atoms with van der Waals surface area (Å²) in [6.45, 7) is 0. The third kappa shape index (κ3) is 4.58. The molecule has 2 N–H and O–H groups in total. The van der Waals surface area contributed by atoms with Gasteiger partial charge in [-0.2, -0.15) is 0 Å². The van der Waals surface area contributed by atoms with E-state index in [9.17, 15) is 4.79 Å². The van der Waals surface area contributed by atoms with E-state index in [-0.39, 0.29) is 5.91 Å². The maximum Gasteiger partial charge on any atom is 0.255 e. The highest BCUT2D eigenvalue weighted by Gasteiger charge is 2.11. The number of fused-ring (bicyclic) bond motifs is 1. The van der Waals surface area contributed by atoms with Crippen molar-refractivity contribution in [1.29, 1.82) is 0 Å². The number of pyridine rings is 1. The molecule has 2 aromatic heterocycles. The second-order valence-corrected chi connectivity index (χ2v) is 7.97. The summed E-state index contributed by atoms with van der Waals surface area (Å²) >= 11 is 1.47. The molecule has 0 saturated carbocycles. The fourth-order valence-corrected chi connectivity index (χ4v) is 4.01. The summed E-state index contributed by atoms with van der Waals surface area (Å²) in [5, 5.41) is 6.84. The molecule has 32 heavy (non-hydrogen) atoms. The zero-order valence-corrected chi connectivity index (χ0v) is 17.7. The van der Waals surface area contributed by atoms with Crippen LogP contribution in [0.25, 0.3) is 10.2 Å². The standard InChI is InChI=1S/C25H18N4O2S/c30-24(27-18-10-12-20(13-11-18)31-19-6-2-1-3-7-19)17-9-14-21-22(16-17)32-25(28-21)29-23-8-4-5-15-26-23/h1-16H,(H,27,30)(H,26,28,29). The fraction of sp³-hybridized carbons (Fsp3) is 0. The van der Waals surface area contributed by atoms with Gasteiger partial charge in [-0.1, -0.05) is 35.6 Å². The van der Waals surface area contributed by atoms with Gasteiger partial charge in [-0.15, -0.1) is 0 Å². The summed E-state index contributed by atoms with van der Waals surface area (Å²) < 4.78 is 6.71. The van der Waals surface area contributed by atoms with E-state index in [1.54, 1.807) is 12.3 Å². The predicted molar refractivity (Wildman–Crippen MR) is 128 cm³/mol. The van der Waals surface area contributed by atoms with Gasteiger partial charge < -0.3 is 15.4 Å². The topological polar surface area (TPSA) is 76.1 Å². The lowest BCUT2D eigenvalue weighted by Crippen LogP contribution is -2.11. The van der Waals surface area contributed by atoms with Gasteiger partial charge in [0.15, 0.2) is 5.13 Å². The second kappa shape index (κ2) is 8.87. The molecule has 0 aliphatic carbocycles. The summed E-state index contributed by atoms with van der Waals surface area (Å²) in [5.41, 5.74) is 2.08. The zero-order valence-electron chi connectivity index (χ0n) is 16.9. The molecule has 156 valence electrons. The number of carbonyl (C=O) groups is 1. The number of hydrogen-bond donors (Lipinski definition) is 2. The molecule has 0 aliphatic rings. The van der Waals surface area contributed by atoms with Gasteiger partial charge in [-0.3, -0.25) is 4.79 Å². The number of thiazole rings is 1. The molecule has 3 aromatic carbocycles. The van der Waals surface area contributed by atoms with Crippen LogP contribution in [0.5, 0.6) is 11.5 Å². The molecular formula is C25H18N4O2S. The van der Waals surface area contributed by atoms with Crippen LogP contribution < -0.4 is 15.4 Å². The number of aromatic nitrogens is 2. The van der Waals surface area contributed by atoms with Gasteiger partial charge in [-0.25, -0.2) is 9.97 Å². The molecule has 0 saturated heterocycles. The highest BCUT2D eigenvalue weighted by Crippen LogP contribution is 2.29. The first-order valence-electron chi connectivity index (χ1n) is 9.96. The Labute approximate surface area is 188 Å². The minimum atomic E-state index is -0.184. The smallest absolute Gasteiger partial charge is 0.255 e. The Hall–Kier alpha value is -4.23. The van der Waals surface area contributed by atoms with Crippen LogP contribution in [0.15, 0.2) is 97.2 Å². The number of para-hydroxylation sites is 1. The molecule has 7 heteroatoms. The van der Waals surface area contributed by atoms with Crippen LogP contribution in [0.1, 0.15) is 10.4 Å². The molecule has 5 rings (SSSR count). The van der Waals surface area contributed by atoms with E-state index < -0.39 is 0 Å². The van der Waals surface area contributed by atoms with Crippen molar-refractivity contribution in [2.75, 3.05) is 10.6 Å². The van der Waals surface area contributed by atoms with E-state index in [0.717, 1.165) is 26.9 Å². The number of carbonyl (C=O) groups excluding carboxylic acids is 1. The molecule has 0 radical (unpaired) electrons. The molecule has 0 fully saturated rings. The number of nitrogens with one attached hydrogen (secondary N) is 2. The Bertz CT molecular complexity index is 1350. The van der Waals surface area contributed by atoms with Crippen molar-refractivity contribution in [3.63, 3.8) is 0 Å². The highest BCUT2D eigenvalue weighted by atomic mass is 32.1. The maximum atomic E-state index is 12.7. The first-order valence-corrected chi connectivity index (χ1v) is 10.8. The van der Waals surface area contributed by atoms with Crippen molar-refractivity contribution >= 4 is 44.1 Å². The Kier molecular flexibility index (Phi) is 5.47.